The maximum atomic E-state index is 9.52. The molecule has 15 heavy (non-hydrogen) atoms. The Kier molecular flexibility index (Phi) is 2.93. The summed E-state index contributed by atoms with van der Waals surface area (Å²) < 4.78 is 0. The van der Waals surface area contributed by atoms with Gasteiger partial charge in [0.15, 0.2) is 0 Å². The fourth-order valence-corrected chi connectivity index (χ4v) is 2.13. The average molecular weight is 207 g/mol. The molecule has 1 aliphatic rings. The molecule has 2 N–H and O–H groups in total. The zero-order valence-corrected chi connectivity index (χ0v) is 8.98. The lowest BCUT2D eigenvalue weighted by Crippen LogP contribution is -2.19. The smallest absolute Gasteiger partial charge is 0.102 e. The van der Waals surface area contributed by atoms with E-state index in [0.29, 0.717) is 0 Å². The molecule has 1 heterocycles. The van der Waals surface area contributed by atoms with Gasteiger partial charge in [0.2, 0.25) is 0 Å². The molecule has 0 saturated heterocycles. The highest BCUT2D eigenvalue weighted by Gasteiger charge is 2.18. The van der Waals surface area contributed by atoms with Crippen LogP contribution in [0, 0.1) is 0 Å². The lowest BCUT2D eigenvalue weighted by atomic mass is 10.0. The molecule has 3 nitrogen and oxygen atoms in total. The molecule has 1 aromatic carbocycles. The fourth-order valence-electron chi connectivity index (χ4n) is 2.13. The highest BCUT2D eigenvalue weighted by molar-refractivity contribution is 5.59. The zero-order valence-electron chi connectivity index (χ0n) is 8.98. The Hall–Kier alpha value is -1.06. The van der Waals surface area contributed by atoms with Crippen molar-refractivity contribution in [2.24, 2.45) is 0 Å². The molecule has 0 aliphatic carbocycles. The Balaban J connectivity index is 2.29. The molecule has 1 atom stereocenters. The first-order valence-electron chi connectivity index (χ1n) is 5.43. The van der Waals surface area contributed by atoms with Crippen molar-refractivity contribution in [1.29, 1.82) is 0 Å². The summed E-state index contributed by atoms with van der Waals surface area (Å²) in [7, 11) is 0. The van der Waals surface area contributed by atoms with Gasteiger partial charge in [-0.2, -0.15) is 0 Å². The van der Waals surface area contributed by atoms with Gasteiger partial charge in [-0.25, -0.2) is 0 Å². The minimum absolute atomic E-state index is 0.212. The Bertz CT molecular complexity index is 351. The Morgan fingerprint density at radius 3 is 2.93 bits per heavy atom. The van der Waals surface area contributed by atoms with Gasteiger partial charge in [0.05, 0.1) is 6.61 Å². The lowest BCUT2D eigenvalue weighted by Gasteiger charge is -2.17. The van der Waals surface area contributed by atoms with E-state index in [1.165, 1.54) is 11.3 Å². The third kappa shape index (κ3) is 1.85. The molecular formula is C12H17NO2. The van der Waals surface area contributed by atoms with E-state index in [2.05, 4.69) is 11.8 Å². The summed E-state index contributed by atoms with van der Waals surface area (Å²) in [6, 6.07) is 5.94. The van der Waals surface area contributed by atoms with Crippen LogP contribution >= 0.6 is 0 Å². The van der Waals surface area contributed by atoms with Crippen LogP contribution in [0.25, 0.3) is 0 Å². The Labute approximate surface area is 90.0 Å². The predicted molar refractivity (Wildman–Crippen MR) is 60.1 cm³/mol. The van der Waals surface area contributed by atoms with Gasteiger partial charge in [-0.3, -0.25) is 0 Å². The second-order valence-corrected chi connectivity index (χ2v) is 3.92. The number of anilines is 1. The topological polar surface area (TPSA) is 43.7 Å². The summed E-state index contributed by atoms with van der Waals surface area (Å²) in [6.45, 7) is 4.02. The van der Waals surface area contributed by atoms with Crippen molar-refractivity contribution in [3.8, 4) is 0 Å². The first-order chi connectivity index (χ1) is 7.26. The van der Waals surface area contributed by atoms with E-state index < -0.39 is 6.10 Å². The average Bonchev–Trinajstić information content (AvgIpc) is 2.69. The van der Waals surface area contributed by atoms with Crippen molar-refractivity contribution in [1.82, 2.24) is 0 Å². The maximum Gasteiger partial charge on any atom is 0.102 e. The number of fused-ring (bicyclic) bond motifs is 1. The highest BCUT2D eigenvalue weighted by atomic mass is 16.3. The molecule has 82 valence electrons. The molecule has 1 aliphatic heterocycles. The SMILES string of the molecule is CCN1CCc2cc(C(O)CO)ccc21. The van der Waals surface area contributed by atoms with Crippen molar-refractivity contribution < 1.29 is 10.2 Å². The summed E-state index contributed by atoms with van der Waals surface area (Å²) in [5.74, 6) is 0. The van der Waals surface area contributed by atoms with Crippen molar-refractivity contribution in [2.45, 2.75) is 19.4 Å². The van der Waals surface area contributed by atoms with Gasteiger partial charge in [-0.1, -0.05) is 12.1 Å². The minimum atomic E-state index is -0.744. The van der Waals surface area contributed by atoms with E-state index in [-0.39, 0.29) is 6.61 Å². The molecule has 0 saturated carbocycles. The fraction of sp³-hybridized carbons (Fsp3) is 0.500. The number of rotatable bonds is 3. The van der Waals surface area contributed by atoms with E-state index in [1.54, 1.807) is 0 Å². The molecule has 0 amide bonds. The number of aliphatic hydroxyl groups excluding tert-OH is 2. The molecule has 0 radical (unpaired) electrons. The third-order valence-electron chi connectivity index (χ3n) is 3.03. The second kappa shape index (κ2) is 4.21. The lowest BCUT2D eigenvalue weighted by molar-refractivity contribution is 0.0956. The normalized spacial score (nSPS) is 16.6. The van der Waals surface area contributed by atoms with Crippen molar-refractivity contribution in [3.05, 3.63) is 29.3 Å². The molecular weight excluding hydrogens is 190 g/mol. The van der Waals surface area contributed by atoms with E-state index in [9.17, 15) is 5.11 Å². The van der Waals surface area contributed by atoms with Crippen molar-refractivity contribution in [2.75, 3.05) is 24.6 Å². The summed E-state index contributed by atoms with van der Waals surface area (Å²) in [5.41, 5.74) is 3.36. The van der Waals surface area contributed by atoms with Crippen LogP contribution in [0.2, 0.25) is 0 Å². The summed E-state index contributed by atoms with van der Waals surface area (Å²) in [5, 5.41) is 18.4. The number of hydrogen-bond acceptors (Lipinski definition) is 3. The van der Waals surface area contributed by atoms with Gasteiger partial charge >= 0.3 is 0 Å². The molecule has 0 spiro atoms. The molecule has 0 aromatic heterocycles. The quantitative estimate of drug-likeness (QED) is 0.780. The standard InChI is InChI=1S/C12H17NO2/c1-2-13-6-5-9-7-10(12(15)8-14)3-4-11(9)13/h3-4,7,12,14-15H,2,5-6,8H2,1H3. The van der Waals surface area contributed by atoms with Gasteiger partial charge in [0.1, 0.15) is 6.10 Å². The Morgan fingerprint density at radius 1 is 1.47 bits per heavy atom. The third-order valence-corrected chi connectivity index (χ3v) is 3.03. The molecule has 0 bridgehead atoms. The highest BCUT2D eigenvalue weighted by Crippen LogP contribution is 2.30. The molecule has 2 rings (SSSR count). The summed E-state index contributed by atoms with van der Waals surface area (Å²) in [6.07, 6.45) is 0.292. The first-order valence-corrected chi connectivity index (χ1v) is 5.43. The van der Waals surface area contributed by atoms with Crippen molar-refractivity contribution in [3.63, 3.8) is 0 Å². The number of nitrogens with zero attached hydrogens (tertiary/aromatic N) is 1. The van der Waals surface area contributed by atoms with E-state index in [0.717, 1.165) is 25.1 Å². The largest absolute Gasteiger partial charge is 0.393 e. The van der Waals surface area contributed by atoms with E-state index in [1.807, 2.05) is 18.2 Å². The summed E-state index contributed by atoms with van der Waals surface area (Å²) in [4.78, 5) is 2.32. The number of likely N-dealkylation sites (N-methyl/N-ethyl adjacent to an activating group) is 1. The second-order valence-electron chi connectivity index (χ2n) is 3.92. The first kappa shape index (κ1) is 10.5. The predicted octanol–water partition coefficient (Wildman–Crippen LogP) is 1.09. The minimum Gasteiger partial charge on any atom is -0.393 e. The van der Waals surface area contributed by atoms with Crippen LogP contribution in [0.3, 0.4) is 0 Å². The van der Waals surface area contributed by atoms with Gasteiger partial charge in [0.25, 0.3) is 0 Å². The van der Waals surface area contributed by atoms with Crippen LogP contribution < -0.4 is 4.90 Å². The number of aliphatic hydroxyl groups is 2. The van der Waals surface area contributed by atoms with Crippen molar-refractivity contribution >= 4 is 5.69 Å². The van der Waals surface area contributed by atoms with Crippen LogP contribution in [0.15, 0.2) is 18.2 Å². The van der Waals surface area contributed by atoms with E-state index >= 15 is 0 Å². The molecule has 3 heteroatoms. The van der Waals surface area contributed by atoms with Gasteiger partial charge < -0.3 is 15.1 Å². The van der Waals surface area contributed by atoms with Crippen LogP contribution in [-0.4, -0.2) is 29.9 Å². The van der Waals surface area contributed by atoms with Crippen LogP contribution in [0.5, 0.6) is 0 Å². The van der Waals surface area contributed by atoms with Gasteiger partial charge in [-0.15, -0.1) is 0 Å². The summed E-state index contributed by atoms with van der Waals surface area (Å²) >= 11 is 0. The van der Waals surface area contributed by atoms with Crippen LogP contribution in [0.4, 0.5) is 5.69 Å². The molecule has 1 unspecified atom stereocenters. The van der Waals surface area contributed by atoms with Gasteiger partial charge in [0, 0.05) is 18.8 Å². The maximum absolute atomic E-state index is 9.52. The monoisotopic (exact) mass is 207 g/mol. The molecule has 1 aromatic rings. The van der Waals surface area contributed by atoms with Crippen LogP contribution in [-0.2, 0) is 6.42 Å². The number of benzene rings is 1. The molecule has 0 fully saturated rings. The van der Waals surface area contributed by atoms with Gasteiger partial charge in [-0.05, 0) is 30.5 Å². The van der Waals surface area contributed by atoms with Crippen LogP contribution in [0.1, 0.15) is 24.2 Å². The Morgan fingerprint density at radius 2 is 2.27 bits per heavy atom. The number of hydrogen-bond donors (Lipinski definition) is 2. The van der Waals surface area contributed by atoms with E-state index in [4.69, 9.17) is 5.11 Å². The zero-order chi connectivity index (χ0) is 10.8.